The zero-order valence-electron chi connectivity index (χ0n) is 17.8. The number of nitrogens with one attached hydrogen (secondary N) is 1. The van der Waals surface area contributed by atoms with Gasteiger partial charge < -0.3 is 4.90 Å². The largest absolute Gasteiger partial charge is 0.353 e. The summed E-state index contributed by atoms with van der Waals surface area (Å²) in [4.78, 5) is 13.7. The molecular weight excluding hydrogens is 414 g/mol. The highest BCUT2D eigenvalue weighted by atomic mass is 32.2. The number of piperazine rings is 1. The zero-order chi connectivity index (χ0) is 21.7. The van der Waals surface area contributed by atoms with Crippen LogP contribution in [0.5, 0.6) is 0 Å². The summed E-state index contributed by atoms with van der Waals surface area (Å²) in [5, 5.41) is 5.33. The minimum absolute atomic E-state index is 0.134. The average molecular weight is 444 g/mol. The summed E-state index contributed by atoms with van der Waals surface area (Å²) in [6, 6.07) is 10.5. The molecule has 3 aromatic rings. The second kappa shape index (κ2) is 9.71. The Hall–Kier alpha value is -2.56. The molecule has 0 amide bonds. The molecule has 0 aliphatic carbocycles. The van der Waals surface area contributed by atoms with Crippen molar-refractivity contribution in [2.45, 2.75) is 26.4 Å². The lowest BCUT2D eigenvalue weighted by Crippen LogP contribution is -2.46. The van der Waals surface area contributed by atoms with Crippen LogP contribution >= 0.6 is 0 Å². The van der Waals surface area contributed by atoms with Crippen molar-refractivity contribution in [2.24, 2.45) is 0 Å². The van der Waals surface area contributed by atoms with Crippen LogP contribution < -0.4 is 9.62 Å². The van der Waals surface area contributed by atoms with E-state index in [0.717, 1.165) is 49.6 Å². The lowest BCUT2D eigenvalue weighted by molar-refractivity contribution is 0.249. The maximum atomic E-state index is 11.8. The molecule has 4 rings (SSSR count). The number of anilines is 1. The Kier molecular flexibility index (Phi) is 6.79. The predicted octanol–water partition coefficient (Wildman–Crippen LogP) is 1.48. The minimum Gasteiger partial charge on any atom is -0.353 e. The van der Waals surface area contributed by atoms with Gasteiger partial charge in [-0.15, -0.1) is 0 Å². The van der Waals surface area contributed by atoms with E-state index in [9.17, 15) is 8.42 Å². The van der Waals surface area contributed by atoms with Gasteiger partial charge in [-0.05, 0) is 12.0 Å². The van der Waals surface area contributed by atoms with Crippen LogP contribution in [0.1, 0.15) is 18.9 Å². The quantitative estimate of drug-likeness (QED) is 0.535. The van der Waals surface area contributed by atoms with E-state index in [4.69, 9.17) is 0 Å². The summed E-state index contributed by atoms with van der Waals surface area (Å²) in [5.41, 5.74) is 2.06. The first-order chi connectivity index (χ1) is 15.1. The van der Waals surface area contributed by atoms with Gasteiger partial charge in [0.15, 0.2) is 5.65 Å². The third-order valence-corrected chi connectivity index (χ3v) is 7.04. The average Bonchev–Trinajstić information content (AvgIpc) is 3.18. The first-order valence-corrected chi connectivity index (χ1v) is 12.4. The molecule has 0 spiro atoms. The van der Waals surface area contributed by atoms with E-state index in [2.05, 4.69) is 53.9 Å². The predicted molar refractivity (Wildman–Crippen MR) is 121 cm³/mol. The molecule has 9 nitrogen and oxygen atoms in total. The maximum absolute atomic E-state index is 11.8. The summed E-state index contributed by atoms with van der Waals surface area (Å²) in [5.74, 6) is 1.03. The van der Waals surface area contributed by atoms with Gasteiger partial charge in [0.25, 0.3) is 0 Å². The molecule has 31 heavy (non-hydrogen) atoms. The van der Waals surface area contributed by atoms with E-state index in [0.29, 0.717) is 13.0 Å². The van der Waals surface area contributed by atoms with E-state index < -0.39 is 10.0 Å². The van der Waals surface area contributed by atoms with Crippen molar-refractivity contribution in [3.8, 4) is 0 Å². The molecular formula is C21H29N7O2S. The molecule has 0 bridgehead atoms. The van der Waals surface area contributed by atoms with Crippen LogP contribution in [0.4, 0.5) is 5.82 Å². The molecule has 1 aliphatic rings. The van der Waals surface area contributed by atoms with E-state index in [1.54, 1.807) is 17.2 Å². The molecule has 3 heterocycles. The number of hydrogen-bond donors (Lipinski definition) is 1. The van der Waals surface area contributed by atoms with Crippen LogP contribution in [0.2, 0.25) is 0 Å². The lowest BCUT2D eigenvalue weighted by Gasteiger charge is -2.35. The third-order valence-electron chi connectivity index (χ3n) is 5.45. The Bertz CT molecular complexity index is 1090. The summed E-state index contributed by atoms with van der Waals surface area (Å²) in [7, 11) is -3.23. The van der Waals surface area contributed by atoms with Gasteiger partial charge in [-0.2, -0.15) is 5.10 Å². The van der Waals surface area contributed by atoms with Gasteiger partial charge in [0, 0.05) is 39.3 Å². The van der Waals surface area contributed by atoms with Crippen molar-refractivity contribution in [3.05, 3.63) is 48.4 Å². The molecule has 10 heteroatoms. The fourth-order valence-corrected chi connectivity index (χ4v) is 4.99. The van der Waals surface area contributed by atoms with Crippen LogP contribution in [0.3, 0.4) is 0 Å². The van der Waals surface area contributed by atoms with Crippen molar-refractivity contribution < 1.29 is 8.42 Å². The van der Waals surface area contributed by atoms with Crippen LogP contribution in [-0.4, -0.2) is 71.5 Å². The van der Waals surface area contributed by atoms with Gasteiger partial charge in [-0.1, -0.05) is 37.3 Å². The smallest absolute Gasteiger partial charge is 0.211 e. The first-order valence-electron chi connectivity index (χ1n) is 10.7. The van der Waals surface area contributed by atoms with Gasteiger partial charge in [0.05, 0.1) is 23.9 Å². The van der Waals surface area contributed by atoms with E-state index in [1.165, 1.54) is 5.56 Å². The maximum Gasteiger partial charge on any atom is 0.211 e. The molecule has 1 aliphatic heterocycles. The van der Waals surface area contributed by atoms with Crippen LogP contribution in [0.15, 0.2) is 42.9 Å². The van der Waals surface area contributed by atoms with Crippen molar-refractivity contribution >= 4 is 26.9 Å². The highest BCUT2D eigenvalue weighted by molar-refractivity contribution is 7.89. The third kappa shape index (κ3) is 5.38. The molecule has 1 saturated heterocycles. The summed E-state index contributed by atoms with van der Waals surface area (Å²) < 4.78 is 28.1. The Morgan fingerprint density at radius 3 is 2.58 bits per heavy atom. The Balaban J connectivity index is 1.39. The molecule has 1 fully saturated rings. The number of aromatic nitrogens is 4. The number of rotatable bonds is 9. The second-order valence-electron chi connectivity index (χ2n) is 7.76. The van der Waals surface area contributed by atoms with E-state index in [1.807, 2.05) is 13.0 Å². The number of hydrogen-bond acceptors (Lipinski definition) is 7. The van der Waals surface area contributed by atoms with E-state index in [-0.39, 0.29) is 12.3 Å². The molecule has 0 saturated carbocycles. The second-order valence-corrected chi connectivity index (χ2v) is 9.69. The normalized spacial score (nSPS) is 15.6. The van der Waals surface area contributed by atoms with Gasteiger partial charge in [-0.25, -0.2) is 27.8 Å². The number of fused-ring (bicyclic) bond motifs is 1. The lowest BCUT2D eigenvalue weighted by atomic mass is 10.2. The topological polar surface area (TPSA) is 96.2 Å². The molecule has 0 radical (unpaired) electrons. The Morgan fingerprint density at radius 1 is 1.06 bits per heavy atom. The zero-order valence-corrected chi connectivity index (χ0v) is 18.6. The molecule has 2 aromatic heterocycles. The highest BCUT2D eigenvalue weighted by Crippen LogP contribution is 2.24. The van der Waals surface area contributed by atoms with Crippen LogP contribution in [0, 0.1) is 0 Å². The fourth-order valence-electron chi connectivity index (χ4n) is 3.90. The summed E-state index contributed by atoms with van der Waals surface area (Å²) in [6.45, 7) is 7.23. The Morgan fingerprint density at radius 2 is 1.84 bits per heavy atom. The molecule has 1 N–H and O–H groups in total. The van der Waals surface area contributed by atoms with Crippen LogP contribution in [-0.2, 0) is 23.1 Å². The number of sulfonamides is 1. The molecule has 0 unspecified atom stereocenters. The number of nitrogens with zero attached hydrogens (tertiary/aromatic N) is 6. The fraction of sp³-hybridized carbons (Fsp3) is 0.476. The minimum atomic E-state index is -3.23. The van der Waals surface area contributed by atoms with Gasteiger partial charge in [0.1, 0.15) is 12.1 Å². The van der Waals surface area contributed by atoms with Crippen LogP contribution in [0.25, 0.3) is 11.0 Å². The van der Waals surface area contributed by atoms with Gasteiger partial charge in [-0.3, -0.25) is 4.90 Å². The highest BCUT2D eigenvalue weighted by Gasteiger charge is 2.21. The number of benzene rings is 1. The molecule has 1 aromatic carbocycles. The van der Waals surface area contributed by atoms with E-state index >= 15 is 0 Å². The van der Waals surface area contributed by atoms with Gasteiger partial charge in [0.2, 0.25) is 10.0 Å². The van der Waals surface area contributed by atoms with Crippen molar-refractivity contribution in [2.75, 3.05) is 43.4 Å². The first kappa shape index (κ1) is 21.7. The SMILES string of the molecule is CCCS(=O)(=O)NCCn1ncc2c(N3CCN(Cc4ccccc4)CC3)ncnc21. The molecule has 166 valence electrons. The van der Waals surface area contributed by atoms with Crippen molar-refractivity contribution in [1.29, 1.82) is 0 Å². The van der Waals surface area contributed by atoms with Crippen molar-refractivity contribution in [3.63, 3.8) is 0 Å². The van der Waals surface area contributed by atoms with Gasteiger partial charge >= 0.3 is 0 Å². The summed E-state index contributed by atoms with van der Waals surface area (Å²) in [6.07, 6.45) is 3.93. The summed E-state index contributed by atoms with van der Waals surface area (Å²) >= 11 is 0. The monoisotopic (exact) mass is 443 g/mol. The standard InChI is InChI=1S/C21H29N7O2S/c1-2-14-31(29,30)25-8-9-28-21-19(15-24-28)20(22-17-23-21)27-12-10-26(11-13-27)16-18-6-4-3-5-7-18/h3-7,15,17,25H,2,8-14,16H2,1H3. The van der Waals surface area contributed by atoms with Crippen molar-refractivity contribution in [1.82, 2.24) is 29.4 Å². The Labute approximate surface area is 183 Å². The molecule has 0 atom stereocenters.